The molecule has 16 N–H and O–H groups in total. The van der Waals surface area contributed by atoms with Gasteiger partial charge in [0.05, 0.1) is 52.7 Å². The molecule has 0 bridgehead atoms. The van der Waals surface area contributed by atoms with Crippen LogP contribution < -0.4 is 65.1 Å². The molecule has 3 aromatic carbocycles. The quantitative estimate of drug-likeness (QED) is 0.0170. The smallest absolute Gasteiger partial charge is 0.416 e. The molecule has 0 fully saturated rings. The molecule has 4 amide bonds. The van der Waals surface area contributed by atoms with Crippen molar-refractivity contribution in [1.82, 2.24) is 0 Å². The van der Waals surface area contributed by atoms with Gasteiger partial charge in [-0.1, -0.05) is 0 Å². The Hall–Kier alpha value is -6.12. The maximum atomic E-state index is 14.4. The van der Waals surface area contributed by atoms with Gasteiger partial charge in [0.1, 0.15) is 11.5 Å². The standard InChI is InChI=1S/C41H54F6N12O6S2/c1-64-31-20-32(65-2)25(37(63)59-30-18-23(41(45,46)47)17-29(35(30)67-14-10-49)57-34(61)8-4-6-12-55-39(52)53)19-24(31)36(62)58-28-16-22(40(42,43)44)15-27(26(28)21-66-13-9-48)56-33(60)7-3-5-11-54-38(50)51/h15-20H,3-14,21,48-49H2,1-2H3,(H,56,60)(H,57,61)(H,58,62)(H,59,63)(H4,50,51,54)(H4,52,53,55). The lowest BCUT2D eigenvalue weighted by Crippen LogP contribution is -2.23. The van der Waals surface area contributed by atoms with Gasteiger partial charge in [-0.3, -0.25) is 29.2 Å². The first kappa shape index (κ1) is 55.2. The molecule has 0 atom stereocenters. The molecule has 0 aliphatic carbocycles. The van der Waals surface area contributed by atoms with Crippen LogP contribution in [0.5, 0.6) is 11.5 Å². The molecule has 67 heavy (non-hydrogen) atoms. The fourth-order valence-electron chi connectivity index (χ4n) is 6.04. The van der Waals surface area contributed by atoms with Crippen molar-refractivity contribution < 1.29 is 55.0 Å². The highest BCUT2D eigenvalue weighted by Gasteiger charge is 2.35. The van der Waals surface area contributed by atoms with Gasteiger partial charge in [-0.2, -0.15) is 38.1 Å². The van der Waals surface area contributed by atoms with E-state index >= 15 is 0 Å². The summed E-state index contributed by atoms with van der Waals surface area (Å²) in [6, 6.07) is 4.90. The van der Waals surface area contributed by atoms with Crippen molar-refractivity contribution in [3.05, 3.63) is 64.2 Å². The number of ether oxygens (including phenoxy) is 2. The molecule has 0 aliphatic rings. The molecule has 18 nitrogen and oxygen atoms in total. The lowest BCUT2D eigenvalue weighted by molar-refractivity contribution is -0.138. The van der Waals surface area contributed by atoms with E-state index in [-0.39, 0.29) is 108 Å². The summed E-state index contributed by atoms with van der Waals surface area (Å²) in [5.41, 5.74) is 28.2. The number of hydrogen-bond donors (Lipinski definition) is 10. The van der Waals surface area contributed by atoms with Gasteiger partial charge in [0, 0.05) is 79.3 Å². The number of aliphatic imine (C=N–C) groups is 2. The highest BCUT2D eigenvalue weighted by atomic mass is 32.2. The van der Waals surface area contributed by atoms with Crippen molar-refractivity contribution in [2.45, 2.75) is 61.5 Å². The second-order valence-electron chi connectivity index (χ2n) is 14.2. The number of nitrogens with zero attached hydrogens (tertiary/aromatic N) is 2. The SMILES string of the molecule is COc1cc(OC)c(C(=O)Nc2cc(C(F)(F)F)cc(NC(=O)CCCCN=C(N)N)c2SCCN)cc1C(=O)Nc1cc(C(F)(F)F)cc(NC(=O)CCCCN=C(N)N)c1CSCCN. The number of rotatable bonds is 25. The Kier molecular flexibility index (Phi) is 21.7. The summed E-state index contributed by atoms with van der Waals surface area (Å²) in [5, 5.41) is 9.91. The molecule has 0 saturated carbocycles. The highest BCUT2D eigenvalue weighted by Crippen LogP contribution is 2.43. The summed E-state index contributed by atoms with van der Waals surface area (Å²) < 4.78 is 96.9. The van der Waals surface area contributed by atoms with E-state index in [1.807, 2.05) is 0 Å². The second kappa shape index (κ2) is 26.3. The van der Waals surface area contributed by atoms with Crippen LogP contribution in [-0.4, -0.2) is 87.5 Å². The largest absolute Gasteiger partial charge is 0.496 e. The van der Waals surface area contributed by atoms with Crippen LogP contribution in [0.25, 0.3) is 0 Å². The van der Waals surface area contributed by atoms with Gasteiger partial charge in [-0.25, -0.2) is 0 Å². The zero-order chi connectivity index (χ0) is 49.9. The minimum Gasteiger partial charge on any atom is -0.496 e. The molecular weight excluding hydrogens is 935 g/mol. The number of alkyl halides is 6. The van der Waals surface area contributed by atoms with Crippen molar-refractivity contribution >= 4 is 81.8 Å². The van der Waals surface area contributed by atoms with Crippen LogP contribution in [0.2, 0.25) is 0 Å². The summed E-state index contributed by atoms with van der Waals surface area (Å²) >= 11 is 2.15. The molecule has 26 heteroatoms. The molecule has 0 aliphatic heterocycles. The van der Waals surface area contributed by atoms with E-state index in [1.165, 1.54) is 18.9 Å². The molecule has 0 radical (unpaired) electrons. The van der Waals surface area contributed by atoms with E-state index in [0.29, 0.717) is 43.2 Å². The molecule has 0 heterocycles. The molecule has 0 unspecified atom stereocenters. The fourth-order valence-corrected chi connectivity index (χ4v) is 7.72. The average Bonchev–Trinajstić information content (AvgIpc) is 3.25. The Morgan fingerprint density at radius 2 is 1.01 bits per heavy atom. The summed E-state index contributed by atoms with van der Waals surface area (Å²) in [5.74, 6) is -3.71. The summed E-state index contributed by atoms with van der Waals surface area (Å²) in [4.78, 5) is 62.0. The monoisotopic (exact) mass is 988 g/mol. The lowest BCUT2D eigenvalue weighted by atomic mass is 10.0. The normalized spacial score (nSPS) is 11.3. The molecule has 0 saturated heterocycles. The predicted molar refractivity (Wildman–Crippen MR) is 250 cm³/mol. The van der Waals surface area contributed by atoms with Crippen LogP contribution >= 0.6 is 23.5 Å². The number of amides is 4. The van der Waals surface area contributed by atoms with Crippen LogP contribution in [0.3, 0.4) is 0 Å². The molecule has 3 rings (SSSR count). The van der Waals surface area contributed by atoms with E-state index in [1.54, 1.807) is 0 Å². The minimum absolute atomic E-state index is 0.0181. The number of anilines is 4. The highest BCUT2D eigenvalue weighted by molar-refractivity contribution is 7.99. The van der Waals surface area contributed by atoms with Crippen LogP contribution in [0, 0.1) is 0 Å². The van der Waals surface area contributed by atoms with Gasteiger partial charge in [-0.15, -0.1) is 11.8 Å². The lowest BCUT2D eigenvalue weighted by Gasteiger charge is -2.21. The molecule has 0 spiro atoms. The second-order valence-corrected chi connectivity index (χ2v) is 16.4. The first-order valence-corrected chi connectivity index (χ1v) is 22.5. The summed E-state index contributed by atoms with van der Waals surface area (Å²) in [6.45, 7) is 0.694. The number of carbonyl (C=O) groups is 4. The van der Waals surface area contributed by atoms with E-state index in [4.69, 9.17) is 43.9 Å². The van der Waals surface area contributed by atoms with Crippen LogP contribution in [-0.2, 0) is 27.7 Å². The van der Waals surface area contributed by atoms with Crippen molar-refractivity contribution in [2.24, 2.45) is 44.4 Å². The molecule has 0 aromatic heterocycles. The van der Waals surface area contributed by atoms with Gasteiger partial charge in [-0.05, 0) is 56.0 Å². The predicted octanol–water partition coefficient (Wildman–Crippen LogP) is 5.25. The van der Waals surface area contributed by atoms with Gasteiger partial charge in [0.25, 0.3) is 11.8 Å². The van der Waals surface area contributed by atoms with Gasteiger partial charge in [0.2, 0.25) is 11.8 Å². The van der Waals surface area contributed by atoms with Crippen molar-refractivity contribution in [1.29, 1.82) is 0 Å². The van der Waals surface area contributed by atoms with Crippen molar-refractivity contribution in [2.75, 3.05) is 73.2 Å². The number of nitrogens with one attached hydrogen (secondary N) is 4. The van der Waals surface area contributed by atoms with Gasteiger partial charge < -0.3 is 65.1 Å². The number of carbonyl (C=O) groups excluding carboxylic acids is 4. The Bertz CT molecular complexity index is 2270. The fraction of sp³-hybridized carbons (Fsp3) is 0.415. The number of halogens is 6. The molecule has 368 valence electrons. The maximum absolute atomic E-state index is 14.4. The molecular formula is C41H54F6N12O6S2. The van der Waals surface area contributed by atoms with Gasteiger partial charge >= 0.3 is 12.4 Å². The summed E-state index contributed by atoms with van der Waals surface area (Å²) in [7, 11) is 2.33. The Balaban J connectivity index is 2.11. The number of benzene rings is 3. The minimum atomic E-state index is -4.96. The third-order valence-electron chi connectivity index (χ3n) is 9.13. The Morgan fingerprint density at radius 3 is 1.45 bits per heavy atom. The Labute approximate surface area is 390 Å². The summed E-state index contributed by atoms with van der Waals surface area (Å²) in [6.07, 6.45) is -8.75. The van der Waals surface area contributed by atoms with E-state index in [2.05, 4.69) is 31.3 Å². The zero-order valence-electron chi connectivity index (χ0n) is 36.5. The van der Waals surface area contributed by atoms with E-state index < -0.39 is 63.9 Å². The van der Waals surface area contributed by atoms with Crippen LogP contribution in [0.1, 0.15) is 75.9 Å². The molecule has 3 aromatic rings. The third kappa shape index (κ3) is 17.6. The maximum Gasteiger partial charge on any atom is 0.416 e. The topological polar surface area (TPSA) is 316 Å². The zero-order valence-corrected chi connectivity index (χ0v) is 38.2. The number of unbranched alkanes of at least 4 members (excludes halogenated alkanes) is 2. The third-order valence-corrected chi connectivity index (χ3v) is 11.3. The van der Waals surface area contributed by atoms with Crippen LogP contribution in [0.4, 0.5) is 49.1 Å². The number of methoxy groups -OCH3 is 2. The van der Waals surface area contributed by atoms with E-state index in [9.17, 15) is 45.5 Å². The first-order chi connectivity index (χ1) is 31.6. The van der Waals surface area contributed by atoms with Crippen molar-refractivity contribution in [3.63, 3.8) is 0 Å². The number of hydrogen-bond acceptors (Lipinski definition) is 12. The van der Waals surface area contributed by atoms with Crippen LogP contribution in [0.15, 0.2) is 51.3 Å². The van der Waals surface area contributed by atoms with Crippen molar-refractivity contribution in [3.8, 4) is 11.5 Å². The van der Waals surface area contributed by atoms with Gasteiger partial charge in [0.15, 0.2) is 11.9 Å². The number of guanidine groups is 2. The van der Waals surface area contributed by atoms with E-state index in [0.717, 1.165) is 37.1 Å². The number of thioether (sulfide) groups is 2. The first-order valence-electron chi connectivity index (χ1n) is 20.3. The average molecular weight is 989 g/mol. The Morgan fingerprint density at radius 1 is 0.597 bits per heavy atom. The number of nitrogens with two attached hydrogens (primary N) is 6.